The van der Waals surface area contributed by atoms with Crippen LogP contribution in [-0.4, -0.2) is 39.7 Å². The highest BCUT2D eigenvalue weighted by Gasteiger charge is 1.95. The smallest absolute Gasteiger partial charge is 0.144 e. The first-order chi connectivity index (χ1) is 7.00. The zero-order chi connectivity index (χ0) is 15.5. The molecule has 17 heavy (non-hydrogen) atoms. The molecule has 0 heterocycles. The van der Waals surface area contributed by atoms with Crippen LogP contribution < -0.4 is 73.4 Å². The van der Waals surface area contributed by atoms with E-state index in [9.17, 15) is 0 Å². The van der Waals surface area contributed by atoms with Gasteiger partial charge >= 0.3 is 0 Å². The lowest BCUT2D eigenvalue weighted by Crippen LogP contribution is -4.29. The maximum absolute atomic E-state index is 8.62. The van der Waals surface area contributed by atoms with Crippen molar-refractivity contribution in [1.29, 1.82) is 0 Å². The summed E-state index contributed by atoms with van der Waals surface area (Å²) in [6, 6.07) is 0. The number of nitrogens with zero attached hydrogens (tertiary/aromatic N) is 1. The second kappa shape index (κ2) is 12.1. The fourth-order valence-corrected chi connectivity index (χ4v) is 0. The molecular formula is C5H18I2N2O8. The summed E-state index contributed by atoms with van der Waals surface area (Å²) in [7, 11) is 10.2. The average Bonchev–Trinajstić information content (AvgIpc) is 1.77. The predicted molar refractivity (Wildman–Crippen MR) is 32.8 cm³/mol. The van der Waals surface area contributed by atoms with Crippen molar-refractivity contribution in [3.05, 3.63) is 0 Å². The molecule has 0 amide bonds. The van der Waals surface area contributed by atoms with Crippen molar-refractivity contribution < 1.29 is 77.9 Å². The van der Waals surface area contributed by atoms with Crippen LogP contribution in [0.25, 0.3) is 0 Å². The highest BCUT2D eigenvalue weighted by Crippen LogP contribution is 1.73. The highest BCUT2D eigenvalue weighted by molar-refractivity contribution is 3.87. The van der Waals surface area contributed by atoms with Crippen LogP contribution in [0.15, 0.2) is 0 Å². The third-order valence-electron chi connectivity index (χ3n) is 0. The Labute approximate surface area is 113 Å². The average molecular weight is 488 g/mol. The first kappa shape index (κ1) is 26.6. The molecule has 0 aliphatic carbocycles. The van der Waals surface area contributed by atoms with Gasteiger partial charge in [0, 0.05) is 0 Å². The molecule has 0 bridgehead atoms. The van der Waals surface area contributed by atoms with Crippen molar-refractivity contribution in [2.45, 2.75) is 0 Å². The van der Waals surface area contributed by atoms with E-state index in [2.05, 4.69) is 33.9 Å². The van der Waals surface area contributed by atoms with Gasteiger partial charge in [0.2, 0.25) is 0 Å². The summed E-state index contributed by atoms with van der Waals surface area (Å²) in [4.78, 5) is 0. The minimum Gasteiger partial charge on any atom is -0.360 e. The van der Waals surface area contributed by atoms with Gasteiger partial charge in [-0.2, -0.15) is 0 Å². The van der Waals surface area contributed by atoms with Crippen molar-refractivity contribution in [3.63, 3.8) is 0 Å². The van der Waals surface area contributed by atoms with Gasteiger partial charge in [0.25, 0.3) is 0 Å². The minimum absolute atomic E-state index is 1.00. The molecule has 0 aromatic heterocycles. The first-order valence-electron chi connectivity index (χ1n) is 3.73. The number of quaternary nitrogens is 2. The lowest BCUT2D eigenvalue weighted by atomic mass is 10.8. The molecule has 0 aromatic rings. The van der Waals surface area contributed by atoms with E-state index in [1.54, 1.807) is 7.05 Å². The molecule has 3 N–H and O–H groups in total. The Morgan fingerprint density at radius 3 is 0.588 bits per heavy atom. The maximum atomic E-state index is 8.62. The van der Waals surface area contributed by atoms with Crippen LogP contribution in [0.3, 0.4) is 0 Å². The number of halogens is 2. The van der Waals surface area contributed by atoms with Crippen LogP contribution in [0.5, 0.6) is 0 Å². The van der Waals surface area contributed by atoms with Crippen LogP contribution >= 0.6 is 0 Å². The van der Waals surface area contributed by atoms with Crippen molar-refractivity contribution >= 4 is 0 Å². The van der Waals surface area contributed by atoms with E-state index in [0.717, 1.165) is 4.48 Å². The van der Waals surface area contributed by atoms with E-state index in [0.29, 0.717) is 0 Å². The Bertz CT molecular complexity index is 105. The molecule has 0 saturated carbocycles. The monoisotopic (exact) mass is 488 g/mol. The summed E-state index contributed by atoms with van der Waals surface area (Å²) in [5.41, 5.74) is 3.25. The Kier molecular flexibility index (Phi) is 18.9. The van der Waals surface area contributed by atoms with Crippen LogP contribution in [0.1, 0.15) is 0 Å². The molecule has 0 atom stereocenters. The Morgan fingerprint density at radius 1 is 0.588 bits per heavy atom. The highest BCUT2D eigenvalue weighted by atomic mass is 127. The lowest BCUT2D eigenvalue weighted by molar-refractivity contribution is -2.00. The molecule has 0 unspecified atom stereocenters. The molecule has 10 nitrogen and oxygen atoms in total. The van der Waals surface area contributed by atoms with E-state index in [1.165, 1.54) is 0 Å². The summed E-state index contributed by atoms with van der Waals surface area (Å²) < 4.78 is 69.9. The van der Waals surface area contributed by atoms with Gasteiger partial charge in [0.05, 0.1) is 35.2 Å². The summed E-state index contributed by atoms with van der Waals surface area (Å²) >= 11 is -11.9. The van der Waals surface area contributed by atoms with Gasteiger partial charge in [-0.3, -0.25) is 27.5 Å². The van der Waals surface area contributed by atoms with Gasteiger partial charge in [0.15, 0.2) is 0 Å². The van der Waals surface area contributed by atoms with Crippen LogP contribution in [0, 0.1) is 0 Å². The van der Waals surface area contributed by atoms with E-state index in [-0.39, 0.29) is 0 Å². The topological polar surface area (TPSA) is 212 Å². The Hall–Kier alpha value is 1.06. The molecule has 0 radical (unpaired) electrons. The Balaban J connectivity index is -0.0000000693. The summed E-state index contributed by atoms with van der Waals surface area (Å²) in [6.07, 6.45) is 0. The normalized spacial score (nSPS) is 10.9. The van der Waals surface area contributed by atoms with Gasteiger partial charge in [0.1, 0.15) is 40.2 Å². The first-order valence-corrected chi connectivity index (χ1v) is 10.8. The number of hydrogen-bond acceptors (Lipinski definition) is 8. The molecule has 12 heteroatoms. The Morgan fingerprint density at radius 2 is 0.588 bits per heavy atom. The molecular weight excluding hydrogens is 470 g/mol. The fraction of sp³-hybridized carbons (Fsp3) is 1.00. The van der Waals surface area contributed by atoms with Crippen molar-refractivity contribution in [1.82, 2.24) is 0 Å². The zero-order valence-electron chi connectivity index (χ0n) is 10.2. The largest absolute Gasteiger partial charge is 0.360 e. The third kappa shape index (κ3) is 3440. The lowest BCUT2D eigenvalue weighted by Gasteiger charge is -2.14. The second-order valence-corrected chi connectivity index (χ2v) is 7.75. The molecule has 0 fully saturated rings. The third-order valence-corrected chi connectivity index (χ3v) is 0. The van der Waals surface area contributed by atoms with Crippen molar-refractivity contribution in [3.8, 4) is 0 Å². The van der Waals surface area contributed by atoms with Crippen LogP contribution in [-0.2, 0) is 0 Å². The van der Waals surface area contributed by atoms with Gasteiger partial charge in [-0.15, -0.1) is 0 Å². The molecule has 0 aromatic carbocycles. The SMILES string of the molecule is C[N+](C)(C)C.C[NH3+].[O-][I+3]([O-])([O-])[O-].[O-][I+3]([O-])([O-])[O-]. The summed E-state index contributed by atoms with van der Waals surface area (Å²) in [5, 5.41) is 0. The standard InChI is InChI=1S/C4H12N.CH5N.2IO4/c1-5(2,3)4;1-2;2*2-1(3,4)5/h1-4H3;2H2,1H3;;/q+1;;2*-1/p+1. The summed E-state index contributed by atoms with van der Waals surface area (Å²) in [5.74, 6) is 0. The van der Waals surface area contributed by atoms with E-state index >= 15 is 0 Å². The predicted octanol–water partition coefficient (Wildman–Crippen LogP) is -16.3. The molecule has 0 aliphatic rings. The van der Waals surface area contributed by atoms with E-state index in [1.807, 2.05) is 0 Å². The zero-order valence-corrected chi connectivity index (χ0v) is 14.5. The number of hydrogen-bond donors (Lipinski definition) is 1. The molecule has 0 spiro atoms. The molecule has 0 aliphatic heterocycles. The van der Waals surface area contributed by atoms with Crippen LogP contribution in [0.2, 0.25) is 0 Å². The van der Waals surface area contributed by atoms with Gasteiger partial charge in [-0.05, 0) is 0 Å². The minimum atomic E-state index is -5.94. The molecule has 0 saturated heterocycles. The van der Waals surface area contributed by atoms with Gasteiger partial charge in [-0.1, -0.05) is 0 Å². The van der Waals surface area contributed by atoms with E-state index in [4.69, 9.17) is 27.5 Å². The maximum Gasteiger partial charge on any atom is 0.144 e. The molecule has 110 valence electrons. The number of rotatable bonds is 0. The van der Waals surface area contributed by atoms with Gasteiger partial charge < -0.3 is 10.2 Å². The van der Waals surface area contributed by atoms with Crippen LogP contribution in [0.4, 0.5) is 0 Å². The quantitative estimate of drug-likeness (QED) is 0.255. The fourth-order valence-electron chi connectivity index (χ4n) is 0. The summed E-state index contributed by atoms with van der Waals surface area (Å²) in [6.45, 7) is 0. The van der Waals surface area contributed by atoms with E-state index < -0.39 is 40.2 Å². The molecule has 0 rings (SSSR count). The van der Waals surface area contributed by atoms with Gasteiger partial charge in [-0.25, -0.2) is 0 Å². The van der Waals surface area contributed by atoms with Crippen molar-refractivity contribution in [2.75, 3.05) is 35.2 Å². The second-order valence-electron chi connectivity index (χ2n) is 3.44. The van der Waals surface area contributed by atoms with Crippen molar-refractivity contribution in [2.24, 2.45) is 0 Å².